The number of nitrogens with one attached hydrogen (secondary N) is 1. The van der Waals surface area contributed by atoms with Gasteiger partial charge in [-0.25, -0.2) is 4.79 Å². The van der Waals surface area contributed by atoms with Gasteiger partial charge in [-0.1, -0.05) is 19.1 Å². The highest BCUT2D eigenvalue weighted by Gasteiger charge is 2.30. The van der Waals surface area contributed by atoms with E-state index in [1.807, 2.05) is 0 Å². The maximum absolute atomic E-state index is 12.5. The molecule has 0 aliphatic rings. The number of benzene rings is 1. The number of amides is 1. The van der Waals surface area contributed by atoms with E-state index in [0.717, 1.165) is 12.1 Å². The summed E-state index contributed by atoms with van der Waals surface area (Å²) in [5.41, 5.74) is -0.191. The van der Waals surface area contributed by atoms with Gasteiger partial charge in [0, 0.05) is 26.1 Å². The van der Waals surface area contributed by atoms with Gasteiger partial charge in [0.2, 0.25) is 5.91 Å². The third-order valence-electron chi connectivity index (χ3n) is 3.50. The van der Waals surface area contributed by atoms with Crippen LogP contribution in [-0.4, -0.2) is 36.7 Å². The van der Waals surface area contributed by atoms with E-state index >= 15 is 0 Å². The molecule has 0 fully saturated rings. The normalized spacial score (nSPS) is 14.0. The van der Waals surface area contributed by atoms with Gasteiger partial charge in [-0.05, 0) is 24.1 Å². The first kappa shape index (κ1) is 20.0. The number of rotatable bonds is 8. The van der Waals surface area contributed by atoms with Crippen molar-refractivity contribution < 1.29 is 32.6 Å². The van der Waals surface area contributed by atoms with Gasteiger partial charge in [0.1, 0.15) is 6.04 Å². The molecule has 2 unspecified atom stereocenters. The van der Waals surface area contributed by atoms with Crippen LogP contribution in [0.4, 0.5) is 13.2 Å². The molecule has 1 rings (SSSR count). The van der Waals surface area contributed by atoms with Crippen molar-refractivity contribution in [2.24, 2.45) is 5.92 Å². The minimum Gasteiger partial charge on any atom is -0.480 e. The molecule has 1 amide bonds. The highest BCUT2D eigenvalue weighted by molar-refractivity contribution is 5.84. The number of alkyl halides is 3. The maximum Gasteiger partial charge on any atom is 0.416 e. The van der Waals surface area contributed by atoms with Crippen LogP contribution in [0.2, 0.25) is 0 Å². The van der Waals surface area contributed by atoms with E-state index in [2.05, 4.69) is 5.32 Å². The first-order valence-corrected chi connectivity index (χ1v) is 7.33. The highest BCUT2D eigenvalue weighted by atomic mass is 19.4. The van der Waals surface area contributed by atoms with Crippen molar-refractivity contribution in [1.29, 1.82) is 0 Å². The Morgan fingerprint density at radius 2 is 1.83 bits per heavy atom. The largest absolute Gasteiger partial charge is 0.480 e. The number of halogens is 3. The molecule has 0 saturated heterocycles. The van der Waals surface area contributed by atoms with Crippen molar-refractivity contribution in [2.75, 3.05) is 13.7 Å². The Morgan fingerprint density at radius 1 is 1.25 bits per heavy atom. The number of hydrogen-bond donors (Lipinski definition) is 2. The summed E-state index contributed by atoms with van der Waals surface area (Å²) in [5, 5.41) is 11.5. The topological polar surface area (TPSA) is 75.6 Å². The second-order valence-electron chi connectivity index (χ2n) is 5.48. The number of methoxy groups -OCH3 is 1. The first-order valence-electron chi connectivity index (χ1n) is 7.33. The molecule has 2 N–H and O–H groups in total. The molecule has 5 nitrogen and oxygen atoms in total. The fourth-order valence-corrected chi connectivity index (χ4v) is 2.08. The van der Waals surface area contributed by atoms with Crippen molar-refractivity contribution in [3.63, 3.8) is 0 Å². The Hall–Kier alpha value is -2.09. The predicted octanol–water partition coefficient (Wildman–Crippen LogP) is 2.49. The van der Waals surface area contributed by atoms with E-state index in [1.54, 1.807) is 6.92 Å². The number of carbonyl (C=O) groups is 2. The van der Waals surface area contributed by atoms with E-state index in [-0.39, 0.29) is 19.4 Å². The zero-order valence-electron chi connectivity index (χ0n) is 13.4. The summed E-state index contributed by atoms with van der Waals surface area (Å²) in [4.78, 5) is 23.1. The molecule has 0 heterocycles. The lowest BCUT2D eigenvalue weighted by Crippen LogP contribution is -2.44. The van der Waals surface area contributed by atoms with Crippen LogP contribution in [0.5, 0.6) is 0 Å². The summed E-state index contributed by atoms with van der Waals surface area (Å²) < 4.78 is 42.3. The summed E-state index contributed by atoms with van der Waals surface area (Å²) >= 11 is 0. The van der Waals surface area contributed by atoms with Crippen LogP contribution in [0.3, 0.4) is 0 Å². The van der Waals surface area contributed by atoms with Crippen LogP contribution in [0, 0.1) is 5.92 Å². The summed E-state index contributed by atoms with van der Waals surface area (Å²) in [5.74, 6) is -2.22. The number of hydrogen-bond acceptors (Lipinski definition) is 3. The number of carboxylic acid groups (broad SMARTS) is 1. The van der Waals surface area contributed by atoms with Gasteiger partial charge >= 0.3 is 12.1 Å². The Labute approximate surface area is 137 Å². The van der Waals surface area contributed by atoms with Crippen molar-refractivity contribution in [3.8, 4) is 0 Å². The van der Waals surface area contributed by atoms with Crippen LogP contribution in [0.25, 0.3) is 0 Å². The summed E-state index contributed by atoms with van der Waals surface area (Å²) in [6, 6.07) is 3.47. The van der Waals surface area contributed by atoms with Crippen molar-refractivity contribution in [3.05, 3.63) is 35.4 Å². The fraction of sp³-hybridized carbons (Fsp3) is 0.500. The quantitative estimate of drug-likeness (QED) is 0.758. The number of carboxylic acids is 1. The molecule has 0 aliphatic heterocycles. The molecule has 0 saturated carbocycles. The Kier molecular flexibility index (Phi) is 7.21. The molecular formula is C16H20F3NO4. The molecule has 0 aromatic heterocycles. The molecule has 0 spiro atoms. The molecule has 0 aliphatic carbocycles. The third-order valence-corrected chi connectivity index (χ3v) is 3.50. The zero-order valence-corrected chi connectivity index (χ0v) is 13.4. The minimum absolute atomic E-state index is 0.130. The molecule has 24 heavy (non-hydrogen) atoms. The van der Waals surface area contributed by atoms with Crippen LogP contribution in [0.1, 0.15) is 24.5 Å². The van der Waals surface area contributed by atoms with E-state index in [9.17, 15) is 22.8 Å². The Balaban J connectivity index is 2.64. The third kappa shape index (κ3) is 6.19. The second kappa shape index (κ2) is 8.68. The molecular weight excluding hydrogens is 327 g/mol. The lowest BCUT2D eigenvalue weighted by molar-refractivity contribution is -0.142. The van der Waals surface area contributed by atoms with E-state index in [1.165, 1.54) is 19.2 Å². The van der Waals surface area contributed by atoms with Gasteiger partial charge in [0.15, 0.2) is 0 Å². The number of carbonyl (C=O) groups excluding carboxylic acids is 1. The van der Waals surface area contributed by atoms with Crippen molar-refractivity contribution >= 4 is 11.9 Å². The fourth-order valence-electron chi connectivity index (χ4n) is 2.08. The Morgan fingerprint density at radius 3 is 2.29 bits per heavy atom. The lowest BCUT2D eigenvalue weighted by atomic mass is 9.98. The van der Waals surface area contributed by atoms with Crippen LogP contribution < -0.4 is 5.32 Å². The molecule has 8 heteroatoms. The molecule has 1 aromatic carbocycles. The van der Waals surface area contributed by atoms with E-state index < -0.39 is 35.6 Å². The number of aliphatic carboxylic acids is 1. The molecule has 1 aromatic rings. The SMILES string of the molecule is COCCC(NC(=O)C(C)Cc1ccc(C(F)(F)F)cc1)C(=O)O. The monoisotopic (exact) mass is 347 g/mol. The van der Waals surface area contributed by atoms with Crippen LogP contribution >= 0.6 is 0 Å². The highest BCUT2D eigenvalue weighted by Crippen LogP contribution is 2.29. The van der Waals surface area contributed by atoms with Gasteiger partial charge in [0.25, 0.3) is 0 Å². The average molecular weight is 347 g/mol. The van der Waals surface area contributed by atoms with Gasteiger partial charge in [-0.15, -0.1) is 0 Å². The maximum atomic E-state index is 12.5. The summed E-state index contributed by atoms with van der Waals surface area (Å²) in [7, 11) is 1.42. The van der Waals surface area contributed by atoms with Crippen LogP contribution in [-0.2, 0) is 26.9 Å². The zero-order chi connectivity index (χ0) is 18.3. The standard InChI is InChI=1S/C16H20F3NO4/c1-10(14(21)20-13(15(22)23)7-8-24-2)9-11-3-5-12(6-4-11)16(17,18)19/h3-6,10,13H,7-9H2,1-2H3,(H,20,21)(H,22,23). The van der Waals surface area contributed by atoms with Crippen molar-refractivity contribution in [2.45, 2.75) is 32.0 Å². The van der Waals surface area contributed by atoms with Crippen molar-refractivity contribution in [1.82, 2.24) is 5.32 Å². The van der Waals surface area contributed by atoms with Gasteiger partial charge in [0.05, 0.1) is 5.56 Å². The van der Waals surface area contributed by atoms with Gasteiger partial charge in [-0.3, -0.25) is 4.79 Å². The summed E-state index contributed by atoms with van der Waals surface area (Å²) in [6.45, 7) is 1.77. The molecule has 0 bridgehead atoms. The van der Waals surface area contributed by atoms with Crippen LogP contribution in [0.15, 0.2) is 24.3 Å². The minimum atomic E-state index is -4.41. The number of ether oxygens (including phenoxy) is 1. The molecule has 134 valence electrons. The molecule has 2 atom stereocenters. The average Bonchev–Trinajstić information content (AvgIpc) is 2.50. The smallest absolute Gasteiger partial charge is 0.416 e. The first-order chi connectivity index (χ1) is 11.1. The predicted molar refractivity (Wildman–Crippen MR) is 80.4 cm³/mol. The Bertz CT molecular complexity index is 557. The van der Waals surface area contributed by atoms with E-state index in [0.29, 0.717) is 5.56 Å². The van der Waals surface area contributed by atoms with E-state index in [4.69, 9.17) is 9.84 Å². The summed E-state index contributed by atoms with van der Waals surface area (Å²) in [6.07, 6.45) is -4.07. The molecule has 0 radical (unpaired) electrons. The second-order valence-corrected chi connectivity index (χ2v) is 5.48. The lowest BCUT2D eigenvalue weighted by Gasteiger charge is -2.18. The van der Waals surface area contributed by atoms with Gasteiger partial charge in [-0.2, -0.15) is 13.2 Å². The van der Waals surface area contributed by atoms with Gasteiger partial charge < -0.3 is 15.2 Å².